The molecule has 0 bridgehead atoms. The summed E-state index contributed by atoms with van der Waals surface area (Å²) in [6.45, 7) is 6.72. The van der Waals surface area contributed by atoms with Gasteiger partial charge in [0, 0.05) is 47.4 Å². The Morgan fingerprint density at radius 1 is 1.09 bits per heavy atom. The molecule has 43 heavy (non-hydrogen) atoms. The van der Waals surface area contributed by atoms with Gasteiger partial charge in [-0.2, -0.15) is 0 Å². The number of morpholine rings is 1. The van der Waals surface area contributed by atoms with E-state index in [1.807, 2.05) is 13.8 Å². The molecule has 1 saturated carbocycles. The third-order valence-corrected chi connectivity index (χ3v) is 10.7. The van der Waals surface area contributed by atoms with E-state index < -0.39 is 10.0 Å². The summed E-state index contributed by atoms with van der Waals surface area (Å²) < 4.78 is 53.1. The molecule has 2 aromatic carbocycles. The zero-order valence-electron chi connectivity index (χ0n) is 24.8. The van der Waals surface area contributed by atoms with Gasteiger partial charge >= 0.3 is 0 Å². The maximum Gasteiger partial charge on any atom is 0.270 e. The average Bonchev–Trinajstić information content (AvgIpc) is 3.64. The predicted molar refractivity (Wildman–Crippen MR) is 160 cm³/mol. The van der Waals surface area contributed by atoms with Crippen molar-refractivity contribution < 1.29 is 31.9 Å². The molecule has 0 unspecified atom stereocenters. The van der Waals surface area contributed by atoms with Gasteiger partial charge in [0.25, 0.3) is 15.9 Å². The molecule has 2 saturated heterocycles. The Morgan fingerprint density at radius 3 is 2.44 bits per heavy atom. The Labute approximate surface area is 251 Å². The van der Waals surface area contributed by atoms with Crippen LogP contribution in [0.2, 0.25) is 0 Å². The van der Waals surface area contributed by atoms with Crippen LogP contribution in [0, 0.1) is 0 Å². The van der Waals surface area contributed by atoms with Gasteiger partial charge < -0.3 is 28.5 Å². The van der Waals surface area contributed by atoms with Crippen molar-refractivity contribution in [2.45, 2.75) is 62.0 Å². The topological polar surface area (TPSA) is 123 Å². The summed E-state index contributed by atoms with van der Waals surface area (Å²) >= 11 is 0. The molecular weight excluding hydrogens is 572 g/mol. The van der Waals surface area contributed by atoms with Crippen molar-refractivity contribution >= 4 is 27.4 Å². The van der Waals surface area contributed by atoms with E-state index in [-0.39, 0.29) is 51.2 Å². The second kappa shape index (κ2) is 10.2. The number of amides is 1. The van der Waals surface area contributed by atoms with Crippen molar-refractivity contribution in [2.75, 3.05) is 50.1 Å². The Kier molecular flexibility index (Phi) is 6.62. The van der Waals surface area contributed by atoms with Crippen LogP contribution in [0.25, 0.3) is 11.3 Å². The summed E-state index contributed by atoms with van der Waals surface area (Å²) in [5.41, 5.74) is 4.32. The molecule has 12 heteroatoms. The summed E-state index contributed by atoms with van der Waals surface area (Å²) in [6, 6.07) is 9.27. The largest absolute Gasteiger partial charge is 0.495 e. The van der Waals surface area contributed by atoms with Crippen molar-refractivity contribution in [3.05, 3.63) is 47.0 Å². The van der Waals surface area contributed by atoms with E-state index in [2.05, 4.69) is 33.0 Å². The van der Waals surface area contributed by atoms with Gasteiger partial charge in [0.15, 0.2) is 16.5 Å². The number of nitrogens with one attached hydrogen (secondary N) is 1. The van der Waals surface area contributed by atoms with Crippen LogP contribution >= 0.6 is 0 Å². The van der Waals surface area contributed by atoms with Gasteiger partial charge in [-0.05, 0) is 69.4 Å². The molecule has 2 aliphatic heterocycles. The third kappa shape index (κ3) is 4.62. The summed E-state index contributed by atoms with van der Waals surface area (Å²) in [4.78, 5) is 17.3. The number of aromatic nitrogens is 1. The van der Waals surface area contributed by atoms with E-state index >= 15 is 0 Å². The van der Waals surface area contributed by atoms with Gasteiger partial charge in [-0.15, -0.1) is 0 Å². The molecule has 3 heterocycles. The molecule has 2 atom stereocenters. The molecule has 0 radical (unpaired) electrons. The molecule has 1 amide bonds. The van der Waals surface area contributed by atoms with Crippen molar-refractivity contribution in [2.24, 2.45) is 0 Å². The Morgan fingerprint density at radius 2 is 1.81 bits per heavy atom. The predicted octanol–water partition coefficient (Wildman–Crippen LogP) is 4.21. The quantitative estimate of drug-likeness (QED) is 0.420. The number of nitrogens with zero attached hydrogens (tertiary/aromatic N) is 3. The number of carbonyl (C=O) groups is 1. The van der Waals surface area contributed by atoms with Crippen LogP contribution < -0.4 is 19.1 Å². The third-order valence-electron chi connectivity index (χ3n) is 9.27. The molecule has 3 fully saturated rings. The van der Waals surface area contributed by atoms with E-state index in [0.29, 0.717) is 25.3 Å². The first-order chi connectivity index (χ1) is 20.6. The fourth-order valence-corrected chi connectivity index (χ4v) is 7.88. The Balaban J connectivity index is 1.23. The van der Waals surface area contributed by atoms with E-state index in [1.165, 1.54) is 38.3 Å². The van der Waals surface area contributed by atoms with Crippen LogP contribution in [-0.2, 0) is 26.6 Å². The molecule has 11 nitrogen and oxygen atoms in total. The molecular formula is C31H36N4O7S. The van der Waals surface area contributed by atoms with Crippen LogP contribution in [-0.4, -0.2) is 77.0 Å². The lowest BCUT2D eigenvalue weighted by atomic mass is 9.79. The second-order valence-electron chi connectivity index (χ2n) is 12.1. The number of hydrogen-bond acceptors (Lipinski definition) is 9. The van der Waals surface area contributed by atoms with Gasteiger partial charge in [0.2, 0.25) is 0 Å². The van der Waals surface area contributed by atoms with Gasteiger partial charge in [0.05, 0.1) is 33.0 Å². The van der Waals surface area contributed by atoms with Crippen LogP contribution in [0.1, 0.15) is 54.6 Å². The average molecular weight is 609 g/mol. The summed E-state index contributed by atoms with van der Waals surface area (Å²) in [5.74, 6) is 0.477. The van der Waals surface area contributed by atoms with Crippen LogP contribution in [0.3, 0.4) is 0 Å². The van der Waals surface area contributed by atoms with Crippen LogP contribution in [0.4, 0.5) is 11.5 Å². The Bertz CT molecular complexity index is 1690. The molecule has 2 aliphatic carbocycles. The minimum Gasteiger partial charge on any atom is -0.495 e. The monoisotopic (exact) mass is 608 g/mol. The second-order valence-corrected chi connectivity index (χ2v) is 13.8. The standard InChI is InChI=1S/C31H36N4O7S/c1-18-17-41-19(2)16-35(18)30(36)20-12-25(39-3)28(26(13-20)40-4)43(37,38)33-29-23-15-31(8-9-31)24-7-6-21(34-10-5-11-34)14-22(24)27(23)42-32-29/h6-7,12-14,18-19H,5,8-11,15-17H2,1-4H3,(H,32,33)/t18-,19+/m0/s1. The molecule has 1 aromatic heterocycles. The lowest BCUT2D eigenvalue weighted by Crippen LogP contribution is -2.50. The maximum absolute atomic E-state index is 14.0. The summed E-state index contributed by atoms with van der Waals surface area (Å²) in [7, 11) is -1.55. The van der Waals surface area contributed by atoms with E-state index in [0.717, 1.165) is 42.7 Å². The fraction of sp³-hybridized carbons (Fsp3) is 0.484. The van der Waals surface area contributed by atoms with Gasteiger partial charge in [-0.1, -0.05) is 11.2 Å². The number of hydrogen-bond donors (Lipinski definition) is 1. The smallest absolute Gasteiger partial charge is 0.270 e. The first-order valence-corrected chi connectivity index (χ1v) is 16.2. The normalized spacial score (nSPS) is 22.0. The highest BCUT2D eigenvalue weighted by atomic mass is 32.2. The number of sulfonamides is 1. The maximum atomic E-state index is 14.0. The van der Waals surface area contributed by atoms with E-state index in [4.69, 9.17) is 18.7 Å². The number of rotatable bonds is 7. The lowest BCUT2D eigenvalue weighted by Gasteiger charge is -2.37. The zero-order chi connectivity index (χ0) is 30.1. The number of benzene rings is 2. The first-order valence-electron chi connectivity index (χ1n) is 14.7. The minimum atomic E-state index is -4.28. The molecule has 1 N–H and O–H groups in total. The van der Waals surface area contributed by atoms with Gasteiger partial charge in [0.1, 0.15) is 11.5 Å². The first kappa shape index (κ1) is 28.0. The molecule has 228 valence electrons. The van der Waals surface area contributed by atoms with Gasteiger partial charge in [-0.3, -0.25) is 9.52 Å². The number of fused-ring (bicyclic) bond motifs is 4. The fourth-order valence-electron chi connectivity index (χ4n) is 6.55. The molecule has 1 spiro atoms. The highest BCUT2D eigenvalue weighted by molar-refractivity contribution is 7.93. The van der Waals surface area contributed by atoms with Crippen molar-refractivity contribution in [1.29, 1.82) is 0 Å². The molecule has 3 aromatic rings. The van der Waals surface area contributed by atoms with E-state index in [1.54, 1.807) is 4.90 Å². The number of ether oxygens (including phenoxy) is 3. The van der Waals surface area contributed by atoms with E-state index in [9.17, 15) is 13.2 Å². The highest BCUT2D eigenvalue weighted by Gasteiger charge is 2.51. The summed E-state index contributed by atoms with van der Waals surface area (Å²) in [5, 5.41) is 4.21. The number of anilines is 2. The van der Waals surface area contributed by atoms with Crippen LogP contribution in [0.15, 0.2) is 39.8 Å². The number of carbonyl (C=O) groups excluding carboxylic acids is 1. The SMILES string of the molecule is COc1cc(C(=O)N2C[C@@H](C)OC[C@@H]2C)cc(OC)c1S(=O)(=O)Nc1noc2c1CC1(CC1)c1ccc(N3CCC3)cc1-2. The van der Waals surface area contributed by atoms with Crippen molar-refractivity contribution in [3.63, 3.8) is 0 Å². The zero-order valence-corrected chi connectivity index (χ0v) is 25.6. The number of methoxy groups -OCH3 is 2. The minimum absolute atomic E-state index is 0.00952. The van der Waals surface area contributed by atoms with Crippen molar-refractivity contribution in [1.82, 2.24) is 10.1 Å². The highest BCUT2D eigenvalue weighted by Crippen LogP contribution is 2.59. The van der Waals surface area contributed by atoms with Crippen molar-refractivity contribution in [3.8, 4) is 22.8 Å². The van der Waals surface area contributed by atoms with Crippen LogP contribution in [0.5, 0.6) is 11.5 Å². The molecule has 7 rings (SSSR count). The molecule has 4 aliphatic rings. The lowest BCUT2D eigenvalue weighted by molar-refractivity contribution is -0.0387. The Hall–Kier alpha value is -3.77. The summed E-state index contributed by atoms with van der Waals surface area (Å²) in [6.07, 6.45) is 3.76. The van der Waals surface area contributed by atoms with Gasteiger partial charge in [-0.25, -0.2) is 8.42 Å².